The number of aromatic nitrogens is 1. The van der Waals surface area contributed by atoms with Crippen molar-refractivity contribution in [1.82, 2.24) is 9.88 Å². The maximum absolute atomic E-state index is 6.14. The van der Waals surface area contributed by atoms with Crippen molar-refractivity contribution >= 4 is 34.8 Å². The van der Waals surface area contributed by atoms with E-state index in [0.29, 0.717) is 21.7 Å². The summed E-state index contributed by atoms with van der Waals surface area (Å²) in [4.78, 5) is 6.54. The standard InChI is InChI=1S/C12H19Cl2N5/c1-19(2)12(4-3-5-12)7-16-10-8(13)6-9(14)11(17-10)18-15/h6H,3-5,7,15H2,1-2H3,(H2,16,17,18). The number of nitrogens with one attached hydrogen (secondary N) is 2. The minimum absolute atomic E-state index is 0.195. The zero-order valence-corrected chi connectivity index (χ0v) is 12.6. The Hall–Kier alpha value is -0.750. The Balaban J connectivity index is 2.11. The van der Waals surface area contributed by atoms with E-state index in [1.807, 2.05) is 0 Å². The molecule has 1 aliphatic rings. The van der Waals surface area contributed by atoms with E-state index in [4.69, 9.17) is 29.0 Å². The van der Waals surface area contributed by atoms with Crippen molar-refractivity contribution in [2.45, 2.75) is 24.8 Å². The molecule has 0 saturated heterocycles. The third kappa shape index (κ3) is 2.89. The van der Waals surface area contributed by atoms with Crippen LogP contribution in [0.3, 0.4) is 0 Å². The van der Waals surface area contributed by atoms with Crippen molar-refractivity contribution in [2.75, 3.05) is 31.4 Å². The number of hydrogen-bond acceptors (Lipinski definition) is 5. The van der Waals surface area contributed by atoms with Crippen LogP contribution >= 0.6 is 23.2 Å². The van der Waals surface area contributed by atoms with E-state index in [2.05, 4.69) is 34.7 Å². The zero-order chi connectivity index (χ0) is 14.0. The lowest BCUT2D eigenvalue weighted by molar-refractivity contribution is 0.0738. The summed E-state index contributed by atoms with van der Waals surface area (Å²) in [5.74, 6) is 6.38. The molecule has 1 saturated carbocycles. The summed E-state index contributed by atoms with van der Waals surface area (Å²) >= 11 is 12.1. The van der Waals surface area contributed by atoms with E-state index in [1.54, 1.807) is 6.07 Å². The van der Waals surface area contributed by atoms with Gasteiger partial charge >= 0.3 is 0 Å². The second kappa shape index (κ2) is 5.71. The summed E-state index contributed by atoms with van der Waals surface area (Å²) < 4.78 is 0. The SMILES string of the molecule is CN(C)C1(CNc2nc(NN)c(Cl)cc2Cl)CCC1. The second-order valence-corrected chi connectivity index (χ2v) is 5.93. The average Bonchev–Trinajstić information content (AvgIpc) is 2.29. The fourth-order valence-corrected chi connectivity index (χ4v) is 2.79. The van der Waals surface area contributed by atoms with E-state index >= 15 is 0 Å². The highest BCUT2D eigenvalue weighted by atomic mass is 35.5. The van der Waals surface area contributed by atoms with Crippen molar-refractivity contribution in [2.24, 2.45) is 5.84 Å². The van der Waals surface area contributed by atoms with Gasteiger partial charge in [0, 0.05) is 12.1 Å². The number of rotatable bonds is 5. The fraction of sp³-hybridized carbons (Fsp3) is 0.583. The number of pyridine rings is 1. The summed E-state index contributed by atoms with van der Waals surface area (Å²) in [5, 5.41) is 4.20. The third-order valence-corrected chi connectivity index (χ3v) is 4.46. The maximum Gasteiger partial charge on any atom is 0.161 e. The van der Waals surface area contributed by atoms with Crippen molar-refractivity contribution in [3.63, 3.8) is 0 Å². The van der Waals surface area contributed by atoms with Gasteiger partial charge in [-0.3, -0.25) is 0 Å². The van der Waals surface area contributed by atoms with Gasteiger partial charge in [0.15, 0.2) is 5.82 Å². The number of hydrazine groups is 1. The van der Waals surface area contributed by atoms with E-state index in [0.717, 1.165) is 6.54 Å². The number of nitrogens with zero attached hydrogens (tertiary/aromatic N) is 2. The quantitative estimate of drug-likeness (QED) is 0.576. The molecule has 106 valence electrons. The van der Waals surface area contributed by atoms with Gasteiger partial charge in [-0.15, -0.1) is 0 Å². The van der Waals surface area contributed by atoms with Crippen molar-refractivity contribution < 1.29 is 0 Å². The first-order valence-electron chi connectivity index (χ1n) is 6.22. The lowest BCUT2D eigenvalue weighted by Crippen LogP contribution is -2.54. The molecule has 1 aromatic rings. The van der Waals surface area contributed by atoms with Crippen LogP contribution in [0.15, 0.2) is 6.07 Å². The zero-order valence-electron chi connectivity index (χ0n) is 11.1. The summed E-state index contributed by atoms with van der Waals surface area (Å²) in [6.45, 7) is 0.804. The number of anilines is 2. The molecule has 0 atom stereocenters. The van der Waals surface area contributed by atoms with E-state index in [-0.39, 0.29) is 5.54 Å². The minimum atomic E-state index is 0.195. The first-order chi connectivity index (χ1) is 8.98. The largest absolute Gasteiger partial charge is 0.367 e. The Labute approximate surface area is 123 Å². The van der Waals surface area contributed by atoms with Crippen LogP contribution in [-0.2, 0) is 0 Å². The Bertz CT molecular complexity index is 460. The Morgan fingerprint density at radius 3 is 2.42 bits per heavy atom. The van der Waals surface area contributed by atoms with Crippen LogP contribution in [0.25, 0.3) is 0 Å². The minimum Gasteiger partial charge on any atom is -0.367 e. The van der Waals surface area contributed by atoms with Gasteiger partial charge in [0.2, 0.25) is 0 Å². The molecule has 0 aromatic carbocycles. The van der Waals surface area contributed by atoms with Gasteiger partial charge in [-0.05, 0) is 39.4 Å². The molecule has 1 heterocycles. The number of likely N-dealkylation sites (N-methyl/N-ethyl adjacent to an activating group) is 1. The first-order valence-corrected chi connectivity index (χ1v) is 6.98. The fourth-order valence-electron chi connectivity index (χ4n) is 2.31. The van der Waals surface area contributed by atoms with Crippen molar-refractivity contribution in [3.05, 3.63) is 16.1 Å². The molecule has 0 amide bonds. The summed E-state index contributed by atoms with van der Waals surface area (Å²) in [6, 6.07) is 1.64. The molecule has 1 aliphatic carbocycles. The van der Waals surface area contributed by atoms with E-state index in [1.165, 1.54) is 19.3 Å². The smallest absolute Gasteiger partial charge is 0.161 e. The Morgan fingerprint density at radius 1 is 1.32 bits per heavy atom. The van der Waals surface area contributed by atoms with Gasteiger partial charge < -0.3 is 15.6 Å². The Morgan fingerprint density at radius 2 is 1.95 bits per heavy atom. The van der Waals surface area contributed by atoms with Crippen LogP contribution in [0, 0.1) is 0 Å². The topological polar surface area (TPSA) is 66.2 Å². The molecule has 0 radical (unpaired) electrons. The highest BCUT2D eigenvalue weighted by Gasteiger charge is 2.38. The Kier molecular flexibility index (Phi) is 4.40. The summed E-state index contributed by atoms with van der Waals surface area (Å²) in [5.41, 5.74) is 2.65. The van der Waals surface area contributed by atoms with Gasteiger partial charge in [-0.25, -0.2) is 10.8 Å². The molecular weight excluding hydrogens is 285 g/mol. The molecule has 19 heavy (non-hydrogen) atoms. The maximum atomic E-state index is 6.14. The van der Waals surface area contributed by atoms with Crippen LogP contribution in [0.1, 0.15) is 19.3 Å². The number of hydrogen-bond donors (Lipinski definition) is 3. The van der Waals surface area contributed by atoms with E-state index in [9.17, 15) is 0 Å². The van der Waals surface area contributed by atoms with Gasteiger partial charge in [0.25, 0.3) is 0 Å². The molecule has 0 bridgehead atoms. The predicted octanol–water partition coefficient (Wildman–Crippen LogP) is 2.57. The first kappa shape index (κ1) is 14.7. The van der Waals surface area contributed by atoms with Gasteiger partial charge in [-0.1, -0.05) is 23.2 Å². The lowest BCUT2D eigenvalue weighted by atomic mass is 9.75. The van der Waals surface area contributed by atoms with E-state index < -0.39 is 0 Å². The molecule has 5 nitrogen and oxygen atoms in total. The summed E-state index contributed by atoms with van der Waals surface area (Å²) in [6.07, 6.45) is 3.62. The number of nitrogens with two attached hydrogens (primary N) is 1. The normalized spacial score (nSPS) is 17.2. The van der Waals surface area contributed by atoms with Crippen LogP contribution in [0.4, 0.5) is 11.6 Å². The second-order valence-electron chi connectivity index (χ2n) is 5.12. The monoisotopic (exact) mass is 303 g/mol. The van der Waals surface area contributed by atoms with Crippen molar-refractivity contribution in [3.8, 4) is 0 Å². The number of halogens is 2. The molecule has 1 aromatic heterocycles. The molecule has 7 heteroatoms. The summed E-state index contributed by atoms with van der Waals surface area (Å²) in [7, 11) is 4.20. The van der Waals surface area contributed by atoms with Gasteiger partial charge in [0.1, 0.15) is 5.82 Å². The molecule has 0 spiro atoms. The molecular formula is C12H19Cl2N5. The van der Waals surface area contributed by atoms with Crippen LogP contribution in [-0.4, -0.2) is 36.1 Å². The molecule has 0 aliphatic heterocycles. The highest BCUT2D eigenvalue weighted by molar-refractivity contribution is 6.37. The number of nitrogen functional groups attached to an aromatic ring is 1. The van der Waals surface area contributed by atoms with Crippen LogP contribution < -0.4 is 16.6 Å². The highest BCUT2D eigenvalue weighted by Crippen LogP contribution is 2.37. The van der Waals surface area contributed by atoms with Gasteiger partial charge in [-0.2, -0.15) is 0 Å². The van der Waals surface area contributed by atoms with Crippen LogP contribution in [0.5, 0.6) is 0 Å². The molecule has 0 unspecified atom stereocenters. The molecule has 2 rings (SSSR count). The molecule has 1 fully saturated rings. The van der Waals surface area contributed by atoms with Crippen molar-refractivity contribution in [1.29, 1.82) is 0 Å². The van der Waals surface area contributed by atoms with Gasteiger partial charge in [0.05, 0.1) is 10.0 Å². The average molecular weight is 304 g/mol. The predicted molar refractivity (Wildman–Crippen MR) is 80.8 cm³/mol. The van der Waals surface area contributed by atoms with Crippen LogP contribution in [0.2, 0.25) is 10.0 Å². The third-order valence-electron chi connectivity index (χ3n) is 3.88. The molecule has 4 N–H and O–H groups in total. The lowest BCUT2D eigenvalue weighted by Gasteiger charge is -2.47.